The SMILES string of the molecule is O=C(NC1CCc2nn(Cc3ccc(F)cc3)c(=O)n2CC1)c1cocn1. The van der Waals surface area contributed by atoms with Crippen LogP contribution in [0.5, 0.6) is 0 Å². The number of carbonyl (C=O) groups is 1. The Bertz CT molecular complexity index is 991. The highest BCUT2D eigenvalue weighted by Gasteiger charge is 2.23. The largest absolute Gasteiger partial charge is 0.451 e. The zero-order valence-electron chi connectivity index (χ0n) is 14.5. The van der Waals surface area contributed by atoms with Crippen LogP contribution in [0.15, 0.2) is 46.1 Å². The lowest BCUT2D eigenvalue weighted by atomic mass is 10.1. The Kier molecular flexibility index (Phi) is 4.57. The highest BCUT2D eigenvalue weighted by molar-refractivity contribution is 5.92. The Morgan fingerprint density at radius 3 is 2.85 bits per heavy atom. The molecule has 2 aromatic heterocycles. The van der Waals surface area contributed by atoms with E-state index in [0.717, 1.165) is 5.56 Å². The van der Waals surface area contributed by atoms with Gasteiger partial charge in [0.2, 0.25) is 0 Å². The molecule has 0 fully saturated rings. The molecule has 140 valence electrons. The first kappa shape index (κ1) is 17.2. The lowest BCUT2D eigenvalue weighted by Crippen LogP contribution is -2.36. The maximum atomic E-state index is 13.0. The molecule has 0 radical (unpaired) electrons. The molecular weight excluding hydrogens is 353 g/mol. The Balaban J connectivity index is 1.44. The summed E-state index contributed by atoms with van der Waals surface area (Å²) in [6.45, 7) is 0.771. The van der Waals surface area contributed by atoms with Crippen LogP contribution in [0.2, 0.25) is 0 Å². The van der Waals surface area contributed by atoms with E-state index in [4.69, 9.17) is 4.42 Å². The van der Waals surface area contributed by atoms with Crippen molar-refractivity contribution in [2.45, 2.75) is 38.4 Å². The Morgan fingerprint density at radius 2 is 2.11 bits per heavy atom. The molecule has 1 aliphatic rings. The van der Waals surface area contributed by atoms with Crippen LogP contribution >= 0.6 is 0 Å². The lowest BCUT2D eigenvalue weighted by molar-refractivity contribution is 0.0928. The van der Waals surface area contributed by atoms with Crippen LogP contribution in [-0.4, -0.2) is 31.3 Å². The number of halogens is 1. The first-order chi connectivity index (χ1) is 13.1. The summed E-state index contributed by atoms with van der Waals surface area (Å²) < 4.78 is 20.9. The van der Waals surface area contributed by atoms with Crippen LogP contribution < -0.4 is 11.0 Å². The maximum Gasteiger partial charge on any atom is 0.346 e. The molecule has 4 rings (SSSR count). The van der Waals surface area contributed by atoms with Crippen molar-refractivity contribution < 1.29 is 13.6 Å². The van der Waals surface area contributed by atoms with E-state index in [2.05, 4.69) is 15.4 Å². The van der Waals surface area contributed by atoms with Gasteiger partial charge in [0.15, 0.2) is 12.1 Å². The van der Waals surface area contributed by atoms with Gasteiger partial charge in [-0.25, -0.2) is 18.9 Å². The van der Waals surface area contributed by atoms with Gasteiger partial charge in [-0.2, -0.15) is 5.10 Å². The van der Waals surface area contributed by atoms with Crippen LogP contribution in [0.25, 0.3) is 0 Å². The van der Waals surface area contributed by atoms with Crippen molar-refractivity contribution in [1.29, 1.82) is 0 Å². The Hall–Kier alpha value is -3.23. The molecule has 1 aliphatic heterocycles. The van der Waals surface area contributed by atoms with Crippen molar-refractivity contribution in [3.8, 4) is 0 Å². The number of aromatic nitrogens is 4. The third-order valence-corrected chi connectivity index (χ3v) is 4.66. The van der Waals surface area contributed by atoms with Crippen molar-refractivity contribution in [2.24, 2.45) is 0 Å². The number of hydrogen-bond acceptors (Lipinski definition) is 5. The average Bonchev–Trinajstić information content (AvgIpc) is 3.24. The first-order valence-electron chi connectivity index (χ1n) is 8.70. The van der Waals surface area contributed by atoms with Crippen LogP contribution in [0.1, 0.15) is 34.7 Å². The minimum atomic E-state index is -0.314. The number of nitrogens with zero attached hydrogens (tertiary/aromatic N) is 4. The van der Waals surface area contributed by atoms with Crippen molar-refractivity contribution >= 4 is 5.91 Å². The van der Waals surface area contributed by atoms with E-state index in [0.29, 0.717) is 38.2 Å². The molecule has 27 heavy (non-hydrogen) atoms. The normalized spacial score (nSPS) is 16.6. The van der Waals surface area contributed by atoms with Crippen molar-refractivity contribution in [3.05, 3.63) is 70.3 Å². The summed E-state index contributed by atoms with van der Waals surface area (Å²) in [5, 5.41) is 7.34. The number of rotatable bonds is 4. The molecule has 1 atom stereocenters. The molecule has 1 aromatic carbocycles. The molecule has 0 saturated heterocycles. The maximum absolute atomic E-state index is 13.0. The number of benzene rings is 1. The number of amides is 1. The molecule has 9 heteroatoms. The van der Waals surface area contributed by atoms with Gasteiger partial charge in [0.1, 0.15) is 17.9 Å². The highest BCUT2D eigenvalue weighted by Crippen LogP contribution is 2.13. The first-order valence-corrected chi connectivity index (χ1v) is 8.70. The molecular formula is C18H18FN5O3. The van der Waals surface area contributed by atoms with E-state index < -0.39 is 0 Å². The predicted molar refractivity (Wildman–Crippen MR) is 92.7 cm³/mol. The quantitative estimate of drug-likeness (QED) is 0.747. The highest BCUT2D eigenvalue weighted by atomic mass is 19.1. The standard InChI is InChI=1S/C18H18FN5O3/c19-13-3-1-12(2-4-13)9-24-18(26)23-8-7-14(5-6-16(23)22-24)21-17(25)15-10-27-11-20-15/h1-4,10-11,14H,5-9H2,(H,21,25). The van der Waals surface area contributed by atoms with Gasteiger partial charge in [-0.05, 0) is 30.5 Å². The number of carbonyl (C=O) groups excluding carboxylic acids is 1. The van der Waals surface area contributed by atoms with E-state index in [1.165, 1.54) is 29.5 Å². The fourth-order valence-electron chi connectivity index (χ4n) is 3.22. The van der Waals surface area contributed by atoms with Crippen molar-refractivity contribution in [2.75, 3.05) is 0 Å². The van der Waals surface area contributed by atoms with Gasteiger partial charge in [0.05, 0.1) is 6.54 Å². The number of fused-ring (bicyclic) bond motifs is 1. The minimum Gasteiger partial charge on any atom is -0.451 e. The molecule has 3 aromatic rings. The minimum absolute atomic E-state index is 0.0687. The topological polar surface area (TPSA) is 95.0 Å². The summed E-state index contributed by atoms with van der Waals surface area (Å²) in [5.41, 5.74) is 0.848. The molecule has 8 nitrogen and oxygen atoms in total. The molecule has 3 heterocycles. The molecule has 0 aliphatic carbocycles. The smallest absolute Gasteiger partial charge is 0.346 e. The van der Waals surface area contributed by atoms with Crippen LogP contribution in [-0.2, 0) is 19.5 Å². The second-order valence-electron chi connectivity index (χ2n) is 6.51. The number of nitrogens with one attached hydrogen (secondary N) is 1. The molecule has 0 spiro atoms. The van der Waals surface area contributed by atoms with Crippen LogP contribution in [0.3, 0.4) is 0 Å². The van der Waals surface area contributed by atoms with Crippen LogP contribution in [0.4, 0.5) is 4.39 Å². The number of oxazole rings is 1. The fraction of sp³-hybridized carbons (Fsp3) is 0.333. The summed E-state index contributed by atoms with van der Waals surface area (Å²) in [6, 6.07) is 5.94. The predicted octanol–water partition coefficient (Wildman–Crippen LogP) is 1.36. The van der Waals surface area contributed by atoms with Gasteiger partial charge in [-0.15, -0.1) is 0 Å². The molecule has 1 unspecified atom stereocenters. The monoisotopic (exact) mass is 371 g/mol. The van der Waals surface area contributed by atoms with Crippen LogP contribution in [0, 0.1) is 5.82 Å². The Morgan fingerprint density at radius 1 is 1.30 bits per heavy atom. The second kappa shape index (κ2) is 7.18. The van der Waals surface area contributed by atoms with E-state index in [9.17, 15) is 14.0 Å². The average molecular weight is 371 g/mol. The van der Waals surface area contributed by atoms with Gasteiger partial charge in [-0.3, -0.25) is 9.36 Å². The van der Waals surface area contributed by atoms with E-state index in [1.54, 1.807) is 16.7 Å². The van der Waals surface area contributed by atoms with Gasteiger partial charge in [-0.1, -0.05) is 12.1 Å². The molecule has 0 bridgehead atoms. The van der Waals surface area contributed by atoms with E-state index in [-0.39, 0.29) is 29.1 Å². The molecule has 1 amide bonds. The zero-order chi connectivity index (χ0) is 18.8. The Labute approximate surface area is 153 Å². The summed E-state index contributed by atoms with van der Waals surface area (Å²) >= 11 is 0. The van der Waals surface area contributed by atoms with Gasteiger partial charge >= 0.3 is 5.69 Å². The zero-order valence-corrected chi connectivity index (χ0v) is 14.5. The summed E-state index contributed by atoms with van der Waals surface area (Å²) in [6.07, 6.45) is 4.39. The van der Waals surface area contributed by atoms with Crippen molar-refractivity contribution in [3.63, 3.8) is 0 Å². The number of aryl methyl sites for hydroxylation is 1. The van der Waals surface area contributed by atoms with E-state index >= 15 is 0 Å². The fourth-order valence-corrected chi connectivity index (χ4v) is 3.22. The summed E-state index contributed by atoms with van der Waals surface area (Å²) in [4.78, 5) is 28.6. The number of hydrogen-bond donors (Lipinski definition) is 1. The van der Waals surface area contributed by atoms with Gasteiger partial charge in [0, 0.05) is 19.0 Å². The molecule has 0 saturated carbocycles. The summed E-state index contributed by atoms with van der Waals surface area (Å²) in [5.74, 6) is 0.0905. The third kappa shape index (κ3) is 3.67. The molecule has 1 N–H and O–H groups in total. The van der Waals surface area contributed by atoms with Gasteiger partial charge in [0.25, 0.3) is 5.91 Å². The lowest BCUT2D eigenvalue weighted by Gasteiger charge is -2.14. The summed E-state index contributed by atoms with van der Waals surface area (Å²) in [7, 11) is 0. The van der Waals surface area contributed by atoms with E-state index in [1.807, 2.05) is 0 Å². The van der Waals surface area contributed by atoms with Crippen molar-refractivity contribution in [1.82, 2.24) is 24.6 Å². The third-order valence-electron chi connectivity index (χ3n) is 4.66. The van der Waals surface area contributed by atoms with Gasteiger partial charge < -0.3 is 9.73 Å². The second-order valence-corrected chi connectivity index (χ2v) is 6.51.